The van der Waals surface area contributed by atoms with Crippen LogP contribution in [-0.2, 0) is 16.1 Å². The number of nitrogens with zero attached hydrogens (tertiary/aromatic N) is 1. The van der Waals surface area contributed by atoms with E-state index in [0.717, 1.165) is 16.3 Å². The maximum atomic E-state index is 10.1. The predicted molar refractivity (Wildman–Crippen MR) is 57.0 cm³/mol. The molecule has 0 aliphatic rings. The van der Waals surface area contributed by atoms with Crippen LogP contribution in [0.2, 0.25) is 0 Å². The van der Waals surface area contributed by atoms with Gasteiger partial charge in [0.05, 0.1) is 0 Å². The van der Waals surface area contributed by atoms with Crippen LogP contribution in [0.25, 0.3) is 10.8 Å². The van der Waals surface area contributed by atoms with Crippen LogP contribution in [0.3, 0.4) is 0 Å². The first kappa shape index (κ1) is 9.45. The van der Waals surface area contributed by atoms with Gasteiger partial charge in [-0.05, 0) is 17.0 Å². The summed E-state index contributed by atoms with van der Waals surface area (Å²) in [5.41, 5.74) is 6.50. The fraction of sp³-hybridized carbons (Fsp3) is 0.0909. The highest BCUT2D eigenvalue weighted by Crippen LogP contribution is 2.19. The van der Waals surface area contributed by atoms with E-state index in [0.29, 0.717) is 12.3 Å². The first-order chi connectivity index (χ1) is 7.31. The van der Waals surface area contributed by atoms with Gasteiger partial charge in [0.1, 0.15) is 12.4 Å². The second-order valence-corrected chi connectivity index (χ2v) is 3.15. The van der Waals surface area contributed by atoms with E-state index in [9.17, 15) is 4.79 Å². The highest BCUT2D eigenvalue weighted by atomic mass is 16.5. The van der Waals surface area contributed by atoms with E-state index in [1.807, 2.05) is 18.2 Å². The summed E-state index contributed by atoms with van der Waals surface area (Å²) in [7, 11) is 0. The Bertz CT molecular complexity index is 497. The second-order valence-electron chi connectivity index (χ2n) is 3.15. The van der Waals surface area contributed by atoms with Crippen LogP contribution < -0.4 is 5.73 Å². The number of hydrogen-bond donors (Lipinski definition) is 1. The van der Waals surface area contributed by atoms with Crippen molar-refractivity contribution in [1.29, 1.82) is 0 Å². The third-order valence-electron chi connectivity index (χ3n) is 2.18. The molecule has 2 rings (SSSR count). The lowest BCUT2D eigenvalue weighted by Crippen LogP contribution is -1.94. The number of ether oxygens (including phenoxy) is 1. The summed E-state index contributed by atoms with van der Waals surface area (Å²) in [6.07, 6.45) is 1.69. The van der Waals surface area contributed by atoms with Gasteiger partial charge in [0, 0.05) is 11.6 Å². The third kappa shape index (κ3) is 1.88. The summed E-state index contributed by atoms with van der Waals surface area (Å²) in [5, 5.41) is 1.95. The molecule has 4 heteroatoms. The molecule has 76 valence electrons. The van der Waals surface area contributed by atoms with Crippen molar-refractivity contribution in [3.8, 4) is 0 Å². The molecule has 1 aromatic heterocycles. The summed E-state index contributed by atoms with van der Waals surface area (Å²) < 4.78 is 4.72. The maximum absolute atomic E-state index is 10.1. The molecule has 0 fully saturated rings. The Kier molecular flexibility index (Phi) is 2.49. The third-order valence-corrected chi connectivity index (χ3v) is 2.18. The van der Waals surface area contributed by atoms with Crippen LogP contribution in [0, 0.1) is 0 Å². The van der Waals surface area contributed by atoms with Crippen LogP contribution >= 0.6 is 0 Å². The molecule has 0 bridgehead atoms. The first-order valence-corrected chi connectivity index (χ1v) is 4.49. The van der Waals surface area contributed by atoms with Crippen LogP contribution in [0.5, 0.6) is 0 Å². The Morgan fingerprint density at radius 1 is 1.47 bits per heavy atom. The van der Waals surface area contributed by atoms with E-state index in [2.05, 4.69) is 4.98 Å². The van der Waals surface area contributed by atoms with E-state index in [1.54, 1.807) is 12.3 Å². The molecule has 4 nitrogen and oxygen atoms in total. The van der Waals surface area contributed by atoms with Crippen LogP contribution in [0.4, 0.5) is 5.82 Å². The molecule has 0 amide bonds. The van der Waals surface area contributed by atoms with Crippen molar-refractivity contribution in [2.24, 2.45) is 0 Å². The SMILES string of the molecule is Nc1cc2cccc(COC=O)c2cn1. The number of benzene rings is 1. The smallest absolute Gasteiger partial charge is 0.293 e. The zero-order valence-electron chi connectivity index (χ0n) is 8.01. The highest BCUT2D eigenvalue weighted by Gasteiger charge is 2.01. The average molecular weight is 202 g/mol. The standard InChI is InChI=1S/C11H10N2O2/c12-11-4-8-2-1-3-9(6-15-7-14)10(8)5-13-11/h1-5,7H,6H2,(H2,12,13). The highest BCUT2D eigenvalue weighted by molar-refractivity contribution is 5.86. The quantitative estimate of drug-likeness (QED) is 0.766. The van der Waals surface area contributed by atoms with E-state index in [1.165, 1.54) is 0 Å². The minimum Gasteiger partial charge on any atom is -0.463 e. The first-order valence-electron chi connectivity index (χ1n) is 4.49. The number of carbonyl (C=O) groups is 1. The molecule has 0 atom stereocenters. The largest absolute Gasteiger partial charge is 0.463 e. The molecule has 1 heterocycles. The Labute approximate surface area is 86.7 Å². The van der Waals surface area contributed by atoms with Crippen molar-refractivity contribution in [2.45, 2.75) is 6.61 Å². The molecule has 0 spiro atoms. The fourth-order valence-corrected chi connectivity index (χ4v) is 1.50. The van der Waals surface area contributed by atoms with E-state index in [-0.39, 0.29) is 6.61 Å². The van der Waals surface area contributed by atoms with Gasteiger partial charge >= 0.3 is 0 Å². The molecule has 0 radical (unpaired) electrons. The molecule has 0 aliphatic heterocycles. The van der Waals surface area contributed by atoms with Crippen molar-refractivity contribution >= 4 is 23.1 Å². The zero-order valence-corrected chi connectivity index (χ0v) is 8.01. The number of aromatic nitrogens is 1. The lowest BCUT2D eigenvalue weighted by molar-refractivity contribution is -0.129. The Morgan fingerprint density at radius 3 is 3.13 bits per heavy atom. The van der Waals surface area contributed by atoms with Gasteiger partial charge in [0.2, 0.25) is 0 Å². The van der Waals surface area contributed by atoms with Crippen molar-refractivity contribution in [2.75, 3.05) is 5.73 Å². The van der Waals surface area contributed by atoms with Gasteiger partial charge < -0.3 is 10.5 Å². The van der Waals surface area contributed by atoms with Gasteiger partial charge in [0.25, 0.3) is 6.47 Å². The fourth-order valence-electron chi connectivity index (χ4n) is 1.50. The van der Waals surface area contributed by atoms with Gasteiger partial charge in [0.15, 0.2) is 0 Å². The van der Waals surface area contributed by atoms with Gasteiger partial charge in [-0.25, -0.2) is 4.98 Å². The van der Waals surface area contributed by atoms with Crippen LogP contribution in [-0.4, -0.2) is 11.5 Å². The molecule has 2 aromatic rings. The van der Waals surface area contributed by atoms with Crippen LogP contribution in [0.1, 0.15) is 5.56 Å². The number of fused-ring (bicyclic) bond motifs is 1. The van der Waals surface area contributed by atoms with Crippen molar-refractivity contribution in [3.63, 3.8) is 0 Å². The molecule has 15 heavy (non-hydrogen) atoms. The molecular formula is C11H10N2O2. The molecule has 0 aliphatic carbocycles. The minimum absolute atomic E-state index is 0.256. The van der Waals surface area contributed by atoms with Gasteiger partial charge in [-0.3, -0.25) is 4.79 Å². The van der Waals surface area contributed by atoms with Gasteiger partial charge in [-0.15, -0.1) is 0 Å². The normalized spacial score (nSPS) is 10.1. The topological polar surface area (TPSA) is 65.2 Å². The summed E-state index contributed by atoms with van der Waals surface area (Å²) in [6.45, 7) is 0.690. The van der Waals surface area contributed by atoms with Gasteiger partial charge in [-0.2, -0.15) is 0 Å². The van der Waals surface area contributed by atoms with Crippen molar-refractivity contribution in [1.82, 2.24) is 4.98 Å². The average Bonchev–Trinajstić information content (AvgIpc) is 2.25. The Morgan fingerprint density at radius 2 is 2.33 bits per heavy atom. The van der Waals surface area contributed by atoms with E-state index >= 15 is 0 Å². The number of anilines is 1. The number of nitrogen functional groups attached to an aromatic ring is 1. The molecular weight excluding hydrogens is 192 g/mol. The Balaban J connectivity index is 2.50. The number of nitrogens with two attached hydrogens (primary N) is 1. The maximum Gasteiger partial charge on any atom is 0.293 e. The van der Waals surface area contributed by atoms with Crippen LogP contribution in [0.15, 0.2) is 30.5 Å². The van der Waals surface area contributed by atoms with Crippen molar-refractivity contribution < 1.29 is 9.53 Å². The zero-order chi connectivity index (χ0) is 10.7. The summed E-state index contributed by atoms with van der Waals surface area (Å²) >= 11 is 0. The van der Waals surface area contributed by atoms with E-state index < -0.39 is 0 Å². The molecule has 0 saturated carbocycles. The molecule has 0 saturated heterocycles. The predicted octanol–water partition coefficient (Wildman–Crippen LogP) is 1.49. The summed E-state index contributed by atoms with van der Waals surface area (Å²) in [5.74, 6) is 0.482. The number of carbonyl (C=O) groups excluding carboxylic acids is 1. The lowest BCUT2D eigenvalue weighted by atomic mass is 10.1. The molecule has 1 aromatic carbocycles. The summed E-state index contributed by atoms with van der Waals surface area (Å²) in [4.78, 5) is 14.1. The minimum atomic E-state index is 0.256. The molecule has 2 N–H and O–H groups in total. The second kappa shape index (κ2) is 3.96. The summed E-state index contributed by atoms with van der Waals surface area (Å²) in [6, 6.07) is 7.52. The van der Waals surface area contributed by atoms with Gasteiger partial charge in [-0.1, -0.05) is 18.2 Å². The van der Waals surface area contributed by atoms with E-state index in [4.69, 9.17) is 10.5 Å². The lowest BCUT2D eigenvalue weighted by Gasteiger charge is -2.05. The number of rotatable bonds is 3. The number of pyridine rings is 1. The van der Waals surface area contributed by atoms with Crippen molar-refractivity contribution in [3.05, 3.63) is 36.0 Å². The molecule has 0 unspecified atom stereocenters. The Hall–Kier alpha value is -2.10. The monoisotopic (exact) mass is 202 g/mol. The number of hydrogen-bond acceptors (Lipinski definition) is 4.